The molecule has 7 heteroatoms. The lowest BCUT2D eigenvalue weighted by Crippen LogP contribution is -2.30. The molecular formula is C18H18BrF2NO3. The van der Waals surface area contributed by atoms with Crippen LogP contribution in [0.3, 0.4) is 0 Å². The van der Waals surface area contributed by atoms with E-state index in [2.05, 4.69) is 26.0 Å². The first-order valence-corrected chi connectivity index (χ1v) is 8.35. The average Bonchev–Trinajstić information content (AvgIpc) is 2.53. The number of carbonyl (C=O) groups excluding carboxylic acids is 1. The molecule has 0 bridgehead atoms. The van der Waals surface area contributed by atoms with Gasteiger partial charge in [0, 0.05) is 11.3 Å². The van der Waals surface area contributed by atoms with E-state index in [1.54, 1.807) is 26.0 Å². The highest BCUT2D eigenvalue weighted by Crippen LogP contribution is 2.28. The number of aryl methyl sites for hydroxylation is 1. The number of rotatable bonds is 6. The Morgan fingerprint density at radius 1 is 1.12 bits per heavy atom. The highest BCUT2D eigenvalue weighted by molar-refractivity contribution is 9.10. The van der Waals surface area contributed by atoms with Crippen LogP contribution in [-0.4, -0.2) is 18.6 Å². The zero-order chi connectivity index (χ0) is 18.6. The number of hydrogen-bond donors (Lipinski definition) is 1. The van der Waals surface area contributed by atoms with E-state index in [9.17, 15) is 13.6 Å². The van der Waals surface area contributed by atoms with Crippen LogP contribution in [0.5, 0.6) is 11.5 Å². The molecule has 1 atom stereocenters. The van der Waals surface area contributed by atoms with Crippen LogP contribution in [0.1, 0.15) is 18.1 Å². The monoisotopic (exact) mass is 413 g/mol. The molecular weight excluding hydrogens is 396 g/mol. The summed E-state index contributed by atoms with van der Waals surface area (Å²) < 4.78 is 35.6. The minimum absolute atomic E-state index is 0.0163. The number of benzene rings is 2. The van der Waals surface area contributed by atoms with Crippen molar-refractivity contribution in [2.75, 3.05) is 5.32 Å². The molecule has 134 valence electrons. The van der Waals surface area contributed by atoms with Gasteiger partial charge in [-0.05, 0) is 66.5 Å². The molecule has 0 radical (unpaired) electrons. The number of nitrogens with one attached hydrogen (secondary N) is 1. The van der Waals surface area contributed by atoms with Crippen LogP contribution in [0.4, 0.5) is 14.5 Å². The molecule has 0 fully saturated rings. The predicted molar refractivity (Wildman–Crippen MR) is 95.4 cm³/mol. The third-order valence-electron chi connectivity index (χ3n) is 3.52. The largest absolute Gasteiger partial charge is 0.480 e. The third kappa shape index (κ3) is 5.16. The molecule has 2 aromatic carbocycles. The van der Waals surface area contributed by atoms with Gasteiger partial charge < -0.3 is 14.8 Å². The smallest absolute Gasteiger partial charge is 0.387 e. The van der Waals surface area contributed by atoms with Gasteiger partial charge in [0.05, 0.1) is 4.47 Å². The Morgan fingerprint density at radius 3 is 2.48 bits per heavy atom. The van der Waals surface area contributed by atoms with Gasteiger partial charge in [0.1, 0.15) is 11.5 Å². The summed E-state index contributed by atoms with van der Waals surface area (Å²) in [6.45, 7) is 2.22. The van der Waals surface area contributed by atoms with Gasteiger partial charge in [0.15, 0.2) is 6.10 Å². The standard InChI is InChI=1S/C18H18BrF2NO3/c1-10-7-8-16(13(19)9-10)24-12(3)17(23)22-14-5-4-6-15(11(14)2)25-18(20)21/h4-9,12,18H,1-3H3,(H,22,23). The first-order chi connectivity index (χ1) is 11.8. The first kappa shape index (κ1) is 19.2. The van der Waals surface area contributed by atoms with Crippen LogP contribution in [0.25, 0.3) is 0 Å². The van der Waals surface area contributed by atoms with Gasteiger partial charge in [-0.1, -0.05) is 12.1 Å². The lowest BCUT2D eigenvalue weighted by atomic mass is 10.1. The van der Waals surface area contributed by atoms with Crippen molar-refractivity contribution in [1.82, 2.24) is 0 Å². The van der Waals surface area contributed by atoms with Crippen molar-refractivity contribution in [3.8, 4) is 11.5 Å². The summed E-state index contributed by atoms with van der Waals surface area (Å²) >= 11 is 3.39. The van der Waals surface area contributed by atoms with Gasteiger partial charge in [0.25, 0.3) is 5.91 Å². The van der Waals surface area contributed by atoms with Gasteiger partial charge in [-0.25, -0.2) is 0 Å². The molecule has 25 heavy (non-hydrogen) atoms. The highest BCUT2D eigenvalue weighted by Gasteiger charge is 2.18. The maximum absolute atomic E-state index is 12.4. The number of anilines is 1. The SMILES string of the molecule is Cc1ccc(OC(C)C(=O)Nc2cccc(OC(F)F)c2C)c(Br)c1. The topological polar surface area (TPSA) is 47.6 Å². The molecule has 0 saturated carbocycles. The lowest BCUT2D eigenvalue weighted by Gasteiger charge is -2.18. The minimum atomic E-state index is -2.93. The van der Waals surface area contributed by atoms with Gasteiger partial charge >= 0.3 is 6.61 Å². The maximum atomic E-state index is 12.4. The molecule has 0 aliphatic carbocycles. The van der Waals surface area contributed by atoms with Crippen molar-refractivity contribution < 1.29 is 23.0 Å². The van der Waals surface area contributed by atoms with Crippen LogP contribution in [0.2, 0.25) is 0 Å². The second-order valence-corrected chi connectivity index (χ2v) is 6.34. The fourth-order valence-electron chi connectivity index (χ4n) is 2.15. The molecule has 1 amide bonds. The van der Waals surface area contributed by atoms with Crippen molar-refractivity contribution in [1.29, 1.82) is 0 Å². The quantitative estimate of drug-likeness (QED) is 0.718. The van der Waals surface area contributed by atoms with Crippen LogP contribution < -0.4 is 14.8 Å². The molecule has 0 aromatic heterocycles. The van der Waals surface area contributed by atoms with E-state index in [0.29, 0.717) is 17.0 Å². The number of ether oxygens (including phenoxy) is 2. The summed E-state index contributed by atoms with van der Waals surface area (Å²) in [5, 5.41) is 2.67. The van der Waals surface area contributed by atoms with E-state index < -0.39 is 18.6 Å². The van der Waals surface area contributed by atoms with E-state index >= 15 is 0 Å². The Bertz CT molecular complexity index is 768. The summed E-state index contributed by atoms with van der Waals surface area (Å²) in [6, 6.07) is 10.1. The van der Waals surface area contributed by atoms with Crippen LogP contribution in [0.15, 0.2) is 40.9 Å². The fraction of sp³-hybridized carbons (Fsp3) is 0.278. The molecule has 1 N–H and O–H groups in total. The van der Waals surface area contributed by atoms with E-state index in [4.69, 9.17) is 4.74 Å². The van der Waals surface area contributed by atoms with Crippen molar-refractivity contribution in [3.63, 3.8) is 0 Å². The average molecular weight is 414 g/mol. The lowest BCUT2D eigenvalue weighted by molar-refractivity contribution is -0.122. The Hall–Kier alpha value is -2.15. The van der Waals surface area contributed by atoms with Gasteiger partial charge in [-0.3, -0.25) is 4.79 Å². The summed E-state index contributed by atoms with van der Waals surface area (Å²) in [4.78, 5) is 12.3. The van der Waals surface area contributed by atoms with Gasteiger partial charge in [-0.15, -0.1) is 0 Å². The second-order valence-electron chi connectivity index (χ2n) is 5.49. The normalized spacial score (nSPS) is 12.0. The molecule has 0 aliphatic rings. The maximum Gasteiger partial charge on any atom is 0.387 e. The summed E-state index contributed by atoms with van der Waals surface area (Å²) in [5.41, 5.74) is 1.87. The zero-order valence-electron chi connectivity index (χ0n) is 14.0. The third-order valence-corrected chi connectivity index (χ3v) is 4.14. The molecule has 2 rings (SSSR count). The van der Waals surface area contributed by atoms with E-state index in [1.165, 1.54) is 12.1 Å². The first-order valence-electron chi connectivity index (χ1n) is 7.56. The molecule has 0 aliphatic heterocycles. The van der Waals surface area contributed by atoms with Crippen LogP contribution in [0, 0.1) is 13.8 Å². The molecule has 0 heterocycles. The van der Waals surface area contributed by atoms with Crippen molar-refractivity contribution in [3.05, 3.63) is 52.0 Å². The Balaban J connectivity index is 2.08. The van der Waals surface area contributed by atoms with Crippen molar-refractivity contribution in [2.45, 2.75) is 33.5 Å². The molecule has 4 nitrogen and oxygen atoms in total. The Kier molecular flexibility index (Phi) is 6.36. The molecule has 0 spiro atoms. The number of alkyl halides is 2. The second kappa shape index (κ2) is 8.29. The van der Waals surface area contributed by atoms with Gasteiger partial charge in [0.2, 0.25) is 0 Å². The minimum Gasteiger partial charge on any atom is -0.480 e. The van der Waals surface area contributed by atoms with E-state index in [1.807, 2.05) is 19.1 Å². The van der Waals surface area contributed by atoms with Gasteiger partial charge in [-0.2, -0.15) is 8.78 Å². The number of hydrogen-bond acceptors (Lipinski definition) is 3. The van der Waals surface area contributed by atoms with Crippen LogP contribution >= 0.6 is 15.9 Å². The Morgan fingerprint density at radius 2 is 1.84 bits per heavy atom. The summed E-state index contributed by atoms with van der Waals surface area (Å²) in [5.74, 6) is 0.159. The molecule has 1 unspecified atom stereocenters. The van der Waals surface area contributed by atoms with Crippen molar-refractivity contribution >= 4 is 27.5 Å². The molecule has 2 aromatic rings. The zero-order valence-corrected chi connectivity index (χ0v) is 15.6. The number of halogens is 3. The highest BCUT2D eigenvalue weighted by atomic mass is 79.9. The van der Waals surface area contributed by atoms with Crippen molar-refractivity contribution in [2.24, 2.45) is 0 Å². The number of amides is 1. The molecule has 0 saturated heterocycles. The van der Waals surface area contributed by atoms with E-state index in [0.717, 1.165) is 10.0 Å². The number of carbonyl (C=O) groups is 1. The van der Waals surface area contributed by atoms with Crippen LogP contribution in [-0.2, 0) is 4.79 Å². The summed E-state index contributed by atoms with van der Waals surface area (Å²) in [7, 11) is 0. The summed E-state index contributed by atoms with van der Waals surface area (Å²) in [6.07, 6.45) is -0.780. The Labute approximate surface area is 153 Å². The predicted octanol–water partition coefficient (Wildman–Crippen LogP) is 5.07. The van der Waals surface area contributed by atoms with E-state index in [-0.39, 0.29) is 5.75 Å². The fourth-order valence-corrected chi connectivity index (χ4v) is 2.74.